The van der Waals surface area contributed by atoms with E-state index in [-0.39, 0.29) is 16.6 Å². The van der Waals surface area contributed by atoms with Crippen molar-refractivity contribution in [3.8, 4) is 0 Å². The highest BCUT2D eigenvalue weighted by molar-refractivity contribution is 6.53. The lowest BCUT2D eigenvalue weighted by Gasteiger charge is -2.18. The average molecular weight is 566 g/mol. The number of ether oxygens (including phenoxy) is 1. The van der Waals surface area contributed by atoms with E-state index >= 15 is 0 Å². The number of benzene rings is 3. The molecule has 1 aliphatic rings. The monoisotopic (exact) mass is 565 g/mol. The van der Waals surface area contributed by atoms with E-state index in [1.807, 2.05) is 6.92 Å². The zero-order chi connectivity index (χ0) is 28.1. The molecule has 0 aromatic heterocycles. The Bertz CT molecular complexity index is 1470. The van der Waals surface area contributed by atoms with Crippen LogP contribution >= 0.6 is 23.2 Å². The van der Waals surface area contributed by atoms with Gasteiger partial charge in [0, 0.05) is 22.0 Å². The first-order valence-corrected chi connectivity index (χ1v) is 13.0. The number of hydrogen-bond donors (Lipinski definition) is 2. The fraction of sp³-hybridized carbons (Fsp3) is 0.172. The number of halogens is 2. The Morgan fingerprint density at radius 2 is 1.51 bits per heavy atom. The van der Waals surface area contributed by atoms with Gasteiger partial charge < -0.3 is 15.4 Å². The lowest BCUT2D eigenvalue weighted by Crippen LogP contribution is -2.32. The van der Waals surface area contributed by atoms with E-state index in [1.54, 1.807) is 73.7 Å². The van der Waals surface area contributed by atoms with Crippen molar-refractivity contribution in [2.24, 2.45) is 0 Å². The minimum Gasteiger partial charge on any atom is -0.462 e. The molecule has 1 aliphatic heterocycles. The van der Waals surface area contributed by atoms with Crippen LogP contribution in [-0.4, -0.2) is 30.3 Å². The number of hydrogen-bond acceptors (Lipinski definition) is 6. The smallest absolute Gasteiger partial charge is 0.338 e. The number of esters is 1. The minimum absolute atomic E-state index is 0.0773. The Hall–Kier alpha value is -4.14. The molecule has 3 aromatic carbocycles. The van der Waals surface area contributed by atoms with Gasteiger partial charge in [0.15, 0.2) is 0 Å². The van der Waals surface area contributed by atoms with E-state index in [1.165, 1.54) is 0 Å². The Kier molecular flexibility index (Phi) is 8.69. The van der Waals surface area contributed by atoms with E-state index in [2.05, 4.69) is 10.6 Å². The van der Waals surface area contributed by atoms with Crippen LogP contribution < -0.4 is 15.5 Å². The summed E-state index contributed by atoms with van der Waals surface area (Å²) in [5.41, 5.74) is 2.56. The molecule has 0 radical (unpaired) electrons. The second kappa shape index (κ2) is 12.1. The van der Waals surface area contributed by atoms with Crippen LogP contribution in [-0.2, 0) is 14.3 Å². The van der Waals surface area contributed by atoms with Crippen molar-refractivity contribution in [2.75, 3.05) is 22.1 Å². The maximum atomic E-state index is 13.1. The van der Waals surface area contributed by atoms with Gasteiger partial charge in [-0.15, -0.1) is 0 Å². The van der Waals surface area contributed by atoms with Crippen LogP contribution in [0.15, 0.2) is 77.5 Å². The molecular weight excluding hydrogens is 541 g/mol. The standard InChI is InChI=1S/C29H25Cl2N3O5/c1-3-4-16-39-29(38)19-10-14-21(15-11-19)33-26(35)18-8-12-20(13-9-18)32-25-24(31)27(36)34(28(25)37)23-7-5-6-22(30)17(23)2/h5-15,32H,3-4,16H2,1-2H3,(H,33,35). The molecule has 2 N–H and O–H groups in total. The summed E-state index contributed by atoms with van der Waals surface area (Å²) in [6.07, 6.45) is 1.73. The molecule has 0 unspecified atom stereocenters. The number of rotatable bonds is 9. The van der Waals surface area contributed by atoms with Crippen molar-refractivity contribution in [2.45, 2.75) is 26.7 Å². The third-order valence-corrected chi connectivity index (χ3v) is 6.79. The van der Waals surface area contributed by atoms with Gasteiger partial charge in [-0.2, -0.15) is 0 Å². The van der Waals surface area contributed by atoms with Crippen LogP contribution in [0.1, 0.15) is 46.0 Å². The molecule has 3 amide bonds. The first kappa shape index (κ1) is 27.9. The molecule has 3 aromatic rings. The highest BCUT2D eigenvalue weighted by Crippen LogP contribution is 2.34. The summed E-state index contributed by atoms with van der Waals surface area (Å²) in [6.45, 7) is 4.09. The van der Waals surface area contributed by atoms with Gasteiger partial charge in [-0.3, -0.25) is 14.4 Å². The van der Waals surface area contributed by atoms with Gasteiger partial charge in [-0.05, 0) is 79.6 Å². The Morgan fingerprint density at radius 3 is 2.18 bits per heavy atom. The molecule has 0 saturated carbocycles. The fourth-order valence-electron chi connectivity index (χ4n) is 3.80. The van der Waals surface area contributed by atoms with Crippen molar-refractivity contribution in [1.29, 1.82) is 0 Å². The summed E-state index contributed by atoms with van der Waals surface area (Å²) >= 11 is 12.4. The Labute approximate surface area is 235 Å². The SMILES string of the molecule is CCCCOC(=O)c1ccc(NC(=O)c2ccc(NC3=C(Cl)C(=O)N(c4cccc(Cl)c4C)C3=O)cc2)cc1. The van der Waals surface area contributed by atoms with Gasteiger partial charge in [0.2, 0.25) is 0 Å². The number of nitrogens with zero attached hydrogens (tertiary/aromatic N) is 1. The van der Waals surface area contributed by atoms with Crippen molar-refractivity contribution < 1.29 is 23.9 Å². The molecule has 39 heavy (non-hydrogen) atoms. The van der Waals surface area contributed by atoms with Crippen molar-refractivity contribution in [1.82, 2.24) is 0 Å². The van der Waals surface area contributed by atoms with Crippen molar-refractivity contribution in [3.05, 3.63) is 99.2 Å². The molecular formula is C29H25Cl2N3O5. The summed E-state index contributed by atoms with van der Waals surface area (Å²) in [6, 6.07) is 17.6. The van der Waals surface area contributed by atoms with Crippen LogP contribution in [0, 0.1) is 6.92 Å². The van der Waals surface area contributed by atoms with Gasteiger partial charge in [-0.25, -0.2) is 9.69 Å². The Morgan fingerprint density at radius 1 is 0.872 bits per heavy atom. The highest BCUT2D eigenvalue weighted by Gasteiger charge is 2.39. The zero-order valence-corrected chi connectivity index (χ0v) is 22.7. The molecule has 8 nitrogen and oxygen atoms in total. The zero-order valence-electron chi connectivity index (χ0n) is 21.2. The predicted octanol–water partition coefficient (Wildman–Crippen LogP) is 6.29. The topological polar surface area (TPSA) is 105 Å². The third kappa shape index (κ3) is 6.13. The first-order chi connectivity index (χ1) is 18.7. The number of nitrogens with one attached hydrogen (secondary N) is 2. The van der Waals surface area contributed by atoms with Gasteiger partial charge in [0.1, 0.15) is 10.7 Å². The maximum absolute atomic E-state index is 13.1. The molecule has 0 saturated heterocycles. The molecule has 4 rings (SSSR count). The second-order valence-corrected chi connectivity index (χ2v) is 9.53. The quantitative estimate of drug-likeness (QED) is 0.179. The fourth-order valence-corrected chi connectivity index (χ4v) is 4.19. The number of unbranched alkanes of at least 4 members (excludes halogenated alkanes) is 1. The van der Waals surface area contributed by atoms with Gasteiger partial charge >= 0.3 is 5.97 Å². The van der Waals surface area contributed by atoms with E-state index in [0.29, 0.717) is 45.4 Å². The molecule has 1 heterocycles. The number of carbonyl (C=O) groups is 4. The van der Waals surface area contributed by atoms with Gasteiger partial charge in [0.25, 0.3) is 17.7 Å². The van der Waals surface area contributed by atoms with E-state index < -0.39 is 17.8 Å². The largest absolute Gasteiger partial charge is 0.462 e. The van der Waals surface area contributed by atoms with Crippen LogP contribution in [0.5, 0.6) is 0 Å². The molecule has 0 bridgehead atoms. The summed E-state index contributed by atoms with van der Waals surface area (Å²) < 4.78 is 5.18. The van der Waals surface area contributed by atoms with Crippen molar-refractivity contribution >= 4 is 64.0 Å². The molecule has 10 heteroatoms. The van der Waals surface area contributed by atoms with Crippen LogP contribution in [0.4, 0.5) is 17.1 Å². The highest BCUT2D eigenvalue weighted by atomic mass is 35.5. The number of carbonyl (C=O) groups excluding carboxylic acids is 4. The summed E-state index contributed by atoms with van der Waals surface area (Å²) in [4.78, 5) is 51.5. The van der Waals surface area contributed by atoms with Gasteiger partial charge in [0.05, 0.1) is 17.9 Å². The second-order valence-electron chi connectivity index (χ2n) is 8.74. The summed E-state index contributed by atoms with van der Waals surface area (Å²) in [7, 11) is 0. The molecule has 200 valence electrons. The summed E-state index contributed by atoms with van der Waals surface area (Å²) in [5, 5.41) is 5.81. The van der Waals surface area contributed by atoms with Crippen molar-refractivity contribution in [3.63, 3.8) is 0 Å². The maximum Gasteiger partial charge on any atom is 0.338 e. The average Bonchev–Trinajstić information content (AvgIpc) is 3.14. The van der Waals surface area contributed by atoms with E-state index in [4.69, 9.17) is 27.9 Å². The number of amides is 3. The number of imide groups is 1. The lowest BCUT2D eigenvalue weighted by molar-refractivity contribution is -0.120. The minimum atomic E-state index is -0.661. The Balaban J connectivity index is 1.40. The normalized spacial score (nSPS) is 13.1. The van der Waals surface area contributed by atoms with Crippen LogP contribution in [0.3, 0.4) is 0 Å². The molecule has 0 fully saturated rings. The molecule has 0 spiro atoms. The molecule has 0 aliphatic carbocycles. The molecule has 0 atom stereocenters. The predicted molar refractivity (Wildman–Crippen MR) is 151 cm³/mol. The first-order valence-electron chi connectivity index (χ1n) is 12.2. The third-order valence-electron chi connectivity index (χ3n) is 6.03. The summed E-state index contributed by atoms with van der Waals surface area (Å²) in [5.74, 6) is -2.06. The van der Waals surface area contributed by atoms with E-state index in [9.17, 15) is 19.2 Å². The lowest BCUT2D eigenvalue weighted by atomic mass is 10.1. The van der Waals surface area contributed by atoms with Crippen LogP contribution in [0.2, 0.25) is 5.02 Å². The van der Waals surface area contributed by atoms with Gasteiger partial charge in [-0.1, -0.05) is 42.6 Å². The number of anilines is 3. The van der Waals surface area contributed by atoms with Crippen LogP contribution in [0.25, 0.3) is 0 Å². The van der Waals surface area contributed by atoms with E-state index in [0.717, 1.165) is 17.7 Å².